The molecule has 0 saturated carbocycles. The molecule has 118 valence electrons. The van der Waals surface area contributed by atoms with E-state index in [-0.39, 0.29) is 12.1 Å². The van der Waals surface area contributed by atoms with Crippen molar-refractivity contribution in [3.63, 3.8) is 0 Å². The normalized spacial score (nSPS) is 21.4. The van der Waals surface area contributed by atoms with Gasteiger partial charge < -0.3 is 15.8 Å². The Bertz CT molecular complexity index is 430. The van der Waals surface area contributed by atoms with Crippen molar-refractivity contribution in [2.75, 3.05) is 38.5 Å². The Hall–Kier alpha value is -1.17. The van der Waals surface area contributed by atoms with Crippen LogP contribution in [-0.4, -0.2) is 48.8 Å². The summed E-state index contributed by atoms with van der Waals surface area (Å²) < 4.78 is 6.05. The molecular formula is C16H28N4O. The van der Waals surface area contributed by atoms with Crippen LogP contribution >= 0.6 is 0 Å². The Morgan fingerprint density at radius 1 is 1.52 bits per heavy atom. The average Bonchev–Trinajstić information content (AvgIpc) is 2.47. The number of nitrogen functional groups attached to an aromatic ring is 1. The highest BCUT2D eigenvalue weighted by Gasteiger charge is 2.30. The van der Waals surface area contributed by atoms with Gasteiger partial charge >= 0.3 is 0 Å². The van der Waals surface area contributed by atoms with Crippen LogP contribution in [0.15, 0.2) is 12.3 Å². The summed E-state index contributed by atoms with van der Waals surface area (Å²) in [6.45, 7) is 11.2. The number of hydrogen-bond acceptors (Lipinski definition) is 5. The molecule has 2 rings (SSSR count). The molecule has 1 aromatic heterocycles. The van der Waals surface area contributed by atoms with Gasteiger partial charge in [0.2, 0.25) is 0 Å². The SMILES string of the molecule is CCCN1CCOC(C(NCC)c2c(C)ccnc2N)C1. The van der Waals surface area contributed by atoms with E-state index in [0.29, 0.717) is 5.82 Å². The van der Waals surface area contributed by atoms with Crippen molar-refractivity contribution in [1.29, 1.82) is 0 Å². The second kappa shape index (κ2) is 7.73. The average molecular weight is 292 g/mol. The quantitative estimate of drug-likeness (QED) is 0.836. The van der Waals surface area contributed by atoms with Gasteiger partial charge in [0.1, 0.15) is 5.82 Å². The first kappa shape index (κ1) is 16.2. The largest absolute Gasteiger partial charge is 0.383 e. The number of pyridine rings is 1. The molecule has 0 radical (unpaired) electrons. The lowest BCUT2D eigenvalue weighted by molar-refractivity contribution is -0.0468. The molecule has 3 N–H and O–H groups in total. The van der Waals surface area contributed by atoms with Crippen LogP contribution in [0.5, 0.6) is 0 Å². The second-order valence-corrected chi connectivity index (χ2v) is 5.67. The second-order valence-electron chi connectivity index (χ2n) is 5.67. The highest BCUT2D eigenvalue weighted by molar-refractivity contribution is 5.46. The summed E-state index contributed by atoms with van der Waals surface area (Å²) >= 11 is 0. The van der Waals surface area contributed by atoms with E-state index in [1.807, 2.05) is 6.07 Å². The van der Waals surface area contributed by atoms with Gasteiger partial charge in [0.25, 0.3) is 0 Å². The molecule has 2 heterocycles. The maximum Gasteiger partial charge on any atom is 0.128 e. The lowest BCUT2D eigenvalue weighted by Crippen LogP contribution is -2.48. The summed E-state index contributed by atoms with van der Waals surface area (Å²) in [5, 5.41) is 3.54. The molecule has 1 aromatic rings. The zero-order valence-electron chi connectivity index (χ0n) is 13.4. The molecule has 1 saturated heterocycles. The van der Waals surface area contributed by atoms with Gasteiger partial charge in [-0.2, -0.15) is 0 Å². The summed E-state index contributed by atoms with van der Waals surface area (Å²) in [7, 11) is 0. The lowest BCUT2D eigenvalue weighted by Gasteiger charge is -2.38. The molecular weight excluding hydrogens is 264 g/mol. The van der Waals surface area contributed by atoms with Crippen LogP contribution in [0.25, 0.3) is 0 Å². The maximum atomic E-state index is 6.13. The summed E-state index contributed by atoms with van der Waals surface area (Å²) in [6, 6.07) is 2.12. The molecule has 1 fully saturated rings. The number of aromatic nitrogens is 1. The summed E-state index contributed by atoms with van der Waals surface area (Å²) in [5.41, 5.74) is 8.39. The lowest BCUT2D eigenvalue weighted by atomic mass is 9.96. The molecule has 0 aliphatic carbocycles. The topological polar surface area (TPSA) is 63.4 Å². The van der Waals surface area contributed by atoms with E-state index in [1.165, 1.54) is 12.0 Å². The number of aryl methyl sites for hydroxylation is 1. The van der Waals surface area contributed by atoms with Crippen LogP contribution in [0.4, 0.5) is 5.82 Å². The maximum absolute atomic E-state index is 6.13. The van der Waals surface area contributed by atoms with Crippen LogP contribution in [0.3, 0.4) is 0 Å². The monoisotopic (exact) mass is 292 g/mol. The van der Waals surface area contributed by atoms with E-state index in [2.05, 4.69) is 36.0 Å². The predicted octanol–water partition coefficient (Wildman–Crippen LogP) is 1.73. The molecule has 1 aliphatic rings. The Labute approximate surface area is 127 Å². The van der Waals surface area contributed by atoms with Crippen molar-refractivity contribution >= 4 is 5.82 Å². The number of nitrogens with zero attached hydrogens (tertiary/aromatic N) is 2. The first-order valence-corrected chi connectivity index (χ1v) is 7.95. The fourth-order valence-corrected chi connectivity index (χ4v) is 3.09. The van der Waals surface area contributed by atoms with Crippen molar-refractivity contribution in [3.05, 3.63) is 23.4 Å². The van der Waals surface area contributed by atoms with E-state index in [9.17, 15) is 0 Å². The number of rotatable bonds is 6. The van der Waals surface area contributed by atoms with Crippen LogP contribution in [0, 0.1) is 6.92 Å². The summed E-state index contributed by atoms with van der Waals surface area (Å²) in [6.07, 6.45) is 3.06. The van der Waals surface area contributed by atoms with E-state index < -0.39 is 0 Å². The number of anilines is 1. The minimum absolute atomic E-state index is 0.100. The molecule has 5 nitrogen and oxygen atoms in total. The first-order chi connectivity index (χ1) is 10.2. The van der Waals surface area contributed by atoms with Crippen molar-refractivity contribution < 1.29 is 4.74 Å². The number of nitrogens with one attached hydrogen (secondary N) is 1. The van der Waals surface area contributed by atoms with Crippen LogP contribution in [0.1, 0.15) is 37.4 Å². The van der Waals surface area contributed by atoms with Gasteiger partial charge in [-0.05, 0) is 38.1 Å². The number of morpholine rings is 1. The third-order valence-electron chi connectivity index (χ3n) is 4.06. The standard InChI is InChI=1S/C16H28N4O/c1-4-8-20-9-10-21-13(11-20)15(18-5-2)14-12(3)6-7-19-16(14)17/h6-7,13,15,18H,4-5,8-11H2,1-3H3,(H2,17,19). The van der Waals surface area contributed by atoms with Crippen molar-refractivity contribution in [3.8, 4) is 0 Å². The van der Waals surface area contributed by atoms with Gasteiger partial charge in [-0.25, -0.2) is 4.98 Å². The van der Waals surface area contributed by atoms with Crippen molar-refractivity contribution in [2.45, 2.75) is 39.3 Å². The summed E-state index contributed by atoms with van der Waals surface area (Å²) in [5.74, 6) is 0.608. The third kappa shape index (κ3) is 3.93. The van der Waals surface area contributed by atoms with E-state index in [0.717, 1.165) is 38.3 Å². The smallest absolute Gasteiger partial charge is 0.128 e. The van der Waals surface area contributed by atoms with Crippen LogP contribution in [-0.2, 0) is 4.74 Å². The van der Waals surface area contributed by atoms with Gasteiger partial charge in [0.15, 0.2) is 0 Å². The number of likely N-dealkylation sites (N-methyl/N-ethyl adjacent to an activating group) is 1. The zero-order chi connectivity index (χ0) is 15.2. The van der Waals surface area contributed by atoms with E-state index in [1.54, 1.807) is 6.20 Å². The minimum Gasteiger partial charge on any atom is -0.383 e. The predicted molar refractivity (Wildman–Crippen MR) is 86.3 cm³/mol. The Morgan fingerprint density at radius 2 is 2.33 bits per heavy atom. The highest BCUT2D eigenvalue weighted by atomic mass is 16.5. The zero-order valence-corrected chi connectivity index (χ0v) is 13.4. The van der Waals surface area contributed by atoms with Crippen LogP contribution < -0.4 is 11.1 Å². The summed E-state index contributed by atoms with van der Waals surface area (Å²) in [4.78, 5) is 6.73. The van der Waals surface area contributed by atoms with Crippen molar-refractivity contribution in [1.82, 2.24) is 15.2 Å². The number of hydrogen-bond donors (Lipinski definition) is 2. The molecule has 0 amide bonds. The van der Waals surface area contributed by atoms with Gasteiger partial charge in [-0.3, -0.25) is 4.90 Å². The molecule has 1 aliphatic heterocycles. The van der Waals surface area contributed by atoms with E-state index in [4.69, 9.17) is 10.5 Å². The van der Waals surface area contributed by atoms with Crippen LogP contribution in [0.2, 0.25) is 0 Å². The van der Waals surface area contributed by atoms with Gasteiger partial charge in [-0.1, -0.05) is 13.8 Å². The molecule has 21 heavy (non-hydrogen) atoms. The molecule has 2 unspecified atom stereocenters. The number of ether oxygens (including phenoxy) is 1. The van der Waals surface area contributed by atoms with Crippen molar-refractivity contribution in [2.24, 2.45) is 0 Å². The molecule has 2 atom stereocenters. The van der Waals surface area contributed by atoms with Gasteiger partial charge in [0, 0.05) is 24.8 Å². The minimum atomic E-state index is 0.100. The highest BCUT2D eigenvalue weighted by Crippen LogP contribution is 2.28. The molecule has 0 aromatic carbocycles. The fourth-order valence-electron chi connectivity index (χ4n) is 3.09. The van der Waals surface area contributed by atoms with Gasteiger partial charge in [-0.15, -0.1) is 0 Å². The molecule has 0 bridgehead atoms. The first-order valence-electron chi connectivity index (χ1n) is 7.95. The fraction of sp³-hybridized carbons (Fsp3) is 0.688. The Kier molecular flexibility index (Phi) is 5.96. The number of nitrogens with two attached hydrogens (primary N) is 1. The molecule has 0 spiro atoms. The Balaban J connectivity index is 2.22. The van der Waals surface area contributed by atoms with Gasteiger partial charge in [0.05, 0.1) is 18.8 Å². The third-order valence-corrected chi connectivity index (χ3v) is 4.06. The molecule has 5 heteroatoms. The van der Waals surface area contributed by atoms with E-state index >= 15 is 0 Å². The Morgan fingerprint density at radius 3 is 3.00 bits per heavy atom.